The molecule has 0 bridgehead atoms. The first kappa shape index (κ1) is 11.0. The number of nitrogen functional groups attached to an aromatic ring is 1. The van der Waals surface area contributed by atoms with Crippen molar-refractivity contribution in [3.8, 4) is 0 Å². The van der Waals surface area contributed by atoms with E-state index in [0.29, 0.717) is 11.8 Å². The molecule has 3 rings (SSSR count). The van der Waals surface area contributed by atoms with Crippen LogP contribution in [0.5, 0.6) is 0 Å². The zero-order chi connectivity index (χ0) is 12.5. The van der Waals surface area contributed by atoms with E-state index in [-0.39, 0.29) is 5.56 Å². The van der Waals surface area contributed by atoms with E-state index in [1.54, 1.807) is 11.3 Å². The Balaban J connectivity index is 2.12. The van der Waals surface area contributed by atoms with Crippen molar-refractivity contribution in [2.45, 2.75) is 6.42 Å². The van der Waals surface area contributed by atoms with Gasteiger partial charge in [-0.3, -0.25) is 4.79 Å². The molecule has 0 fully saturated rings. The quantitative estimate of drug-likeness (QED) is 0.739. The summed E-state index contributed by atoms with van der Waals surface area (Å²) < 4.78 is 0. The van der Waals surface area contributed by atoms with Gasteiger partial charge >= 0.3 is 0 Å². The van der Waals surface area contributed by atoms with E-state index in [1.807, 2.05) is 35.7 Å². The topological polar surface area (TPSA) is 71.8 Å². The van der Waals surface area contributed by atoms with Gasteiger partial charge in [0.15, 0.2) is 0 Å². The second kappa shape index (κ2) is 4.27. The fourth-order valence-electron chi connectivity index (χ4n) is 1.96. The highest BCUT2D eigenvalue weighted by Gasteiger charge is 2.07. The molecule has 0 saturated heterocycles. The Hall–Kier alpha value is -2.14. The number of nitrogens with one attached hydrogen (secondary N) is 1. The lowest BCUT2D eigenvalue weighted by Crippen LogP contribution is -2.10. The van der Waals surface area contributed by atoms with E-state index in [0.717, 1.165) is 21.6 Å². The monoisotopic (exact) mass is 257 g/mol. The average molecular weight is 257 g/mol. The van der Waals surface area contributed by atoms with E-state index in [2.05, 4.69) is 10.2 Å². The molecule has 18 heavy (non-hydrogen) atoms. The van der Waals surface area contributed by atoms with Gasteiger partial charge in [0.2, 0.25) is 0 Å². The van der Waals surface area contributed by atoms with Crippen LogP contribution in [0.4, 0.5) is 5.69 Å². The minimum atomic E-state index is -0.153. The van der Waals surface area contributed by atoms with Crippen molar-refractivity contribution < 1.29 is 0 Å². The number of anilines is 1. The van der Waals surface area contributed by atoms with Gasteiger partial charge in [0.05, 0.1) is 11.1 Å². The molecule has 0 radical (unpaired) electrons. The molecule has 0 atom stereocenters. The second-order valence-electron chi connectivity index (χ2n) is 4.07. The first-order valence-electron chi connectivity index (χ1n) is 5.53. The first-order valence-corrected chi connectivity index (χ1v) is 6.41. The van der Waals surface area contributed by atoms with E-state index in [4.69, 9.17) is 5.73 Å². The summed E-state index contributed by atoms with van der Waals surface area (Å²) in [6.45, 7) is 0. The van der Waals surface area contributed by atoms with Gasteiger partial charge in [0, 0.05) is 27.8 Å². The summed E-state index contributed by atoms with van der Waals surface area (Å²) in [5.41, 5.74) is 7.18. The Morgan fingerprint density at radius 2 is 2.06 bits per heavy atom. The van der Waals surface area contributed by atoms with Gasteiger partial charge in [-0.1, -0.05) is 18.2 Å². The maximum absolute atomic E-state index is 11.7. The number of aromatic amines is 1. The minimum absolute atomic E-state index is 0.153. The summed E-state index contributed by atoms with van der Waals surface area (Å²) in [6, 6.07) is 9.43. The van der Waals surface area contributed by atoms with Crippen LogP contribution in [0.25, 0.3) is 10.8 Å². The Morgan fingerprint density at radius 1 is 1.28 bits per heavy atom. The lowest BCUT2D eigenvalue weighted by Gasteiger charge is -2.02. The van der Waals surface area contributed by atoms with Crippen LogP contribution in [-0.2, 0) is 6.42 Å². The van der Waals surface area contributed by atoms with Crippen LogP contribution >= 0.6 is 11.3 Å². The molecule has 0 aliphatic carbocycles. The van der Waals surface area contributed by atoms with Crippen LogP contribution < -0.4 is 11.3 Å². The zero-order valence-electron chi connectivity index (χ0n) is 9.51. The highest BCUT2D eigenvalue weighted by atomic mass is 32.1. The molecule has 0 spiro atoms. The zero-order valence-corrected chi connectivity index (χ0v) is 10.3. The number of hydrogen-bond donors (Lipinski definition) is 2. The SMILES string of the molecule is Nc1csc(Cc2n[nH]c(=O)c3ccccc23)c1. The third kappa shape index (κ3) is 1.89. The number of benzene rings is 1. The molecule has 0 saturated carbocycles. The molecule has 3 aromatic rings. The fourth-order valence-corrected chi connectivity index (χ4v) is 2.74. The Labute approximate surface area is 107 Å². The number of hydrogen-bond acceptors (Lipinski definition) is 4. The smallest absolute Gasteiger partial charge is 0.272 e. The second-order valence-corrected chi connectivity index (χ2v) is 5.06. The van der Waals surface area contributed by atoms with Crippen LogP contribution in [0, 0.1) is 0 Å². The van der Waals surface area contributed by atoms with Crippen molar-refractivity contribution >= 4 is 27.8 Å². The van der Waals surface area contributed by atoms with Gasteiger partial charge in [-0.2, -0.15) is 5.10 Å². The minimum Gasteiger partial charge on any atom is -0.398 e. The molecule has 0 amide bonds. The van der Waals surface area contributed by atoms with Crippen molar-refractivity contribution in [3.05, 3.63) is 56.6 Å². The third-order valence-corrected chi connectivity index (χ3v) is 3.75. The van der Waals surface area contributed by atoms with Crippen molar-refractivity contribution in [2.75, 3.05) is 5.73 Å². The van der Waals surface area contributed by atoms with Crippen molar-refractivity contribution in [3.63, 3.8) is 0 Å². The molecule has 1 aromatic carbocycles. The number of aromatic nitrogens is 2. The molecule has 90 valence electrons. The summed E-state index contributed by atoms with van der Waals surface area (Å²) in [7, 11) is 0. The summed E-state index contributed by atoms with van der Waals surface area (Å²) in [5.74, 6) is 0. The standard InChI is InChI=1S/C13H11N3OS/c14-8-5-9(18-7-8)6-12-10-3-1-2-4-11(10)13(17)16-15-12/h1-5,7H,6,14H2,(H,16,17). The Bertz CT molecular complexity index is 760. The largest absolute Gasteiger partial charge is 0.398 e. The lowest BCUT2D eigenvalue weighted by atomic mass is 10.1. The predicted molar refractivity (Wildman–Crippen MR) is 73.9 cm³/mol. The number of thiophene rings is 1. The molecule has 3 N–H and O–H groups in total. The summed E-state index contributed by atoms with van der Waals surface area (Å²) in [5, 5.41) is 10.2. The van der Waals surface area contributed by atoms with Gasteiger partial charge < -0.3 is 5.73 Å². The maximum atomic E-state index is 11.7. The molecule has 0 aliphatic rings. The summed E-state index contributed by atoms with van der Waals surface area (Å²) in [4.78, 5) is 12.8. The highest BCUT2D eigenvalue weighted by molar-refractivity contribution is 7.10. The molecule has 5 heteroatoms. The third-order valence-electron chi connectivity index (χ3n) is 2.79. The summed E-state index contributed by atoms with van der Waals surface area (Å²) in [6.07, 6.45) is 0.680. The fraction of sp³-hybridized carbons (Fsp3) is 0.0769. The van der Waals surface area contributed by atoms with Crippen LogP contribution in [0.15, 0.2) is 40.5 Å². The van der Waals surface area contributed by atoms with Gasteiger partial charge in [-0.25, -0.2) is 5.10 Å². The van der Waals surface area contributed by atoms with Crippen LogP contribution in [0.1, 0.15) is 10.6 Å². The molecule has 4 nitrogen and oxygen atoms in total. The normalized spacial score (nSPS) is 10.9. The highest BCUT2D eigenvalue weighted by Crippen LogP contribution is 2.21. The van der Waals surface area contributed by atoms with E-state index in [1.165, 1.54) is 0 Å². The molecule has 2 aromatic heterocycles. The Kier molecular flexibility index (Phi) is 2.60. The van der Waals surface area contributed by atoms with Crippen LogP contribution in [-0.4, -0.2) is 10.2 Å². The van der Waals surface area contributed by atoms with Gasteiger partial charge in [-0.05, 0) is 12.1 Å². The first-order chi connectivity index (χ1) is 8.74. The van der Waals surface area contributed by atoms with Gasteiger partial charge in [0.1, 0.15) is 0 Å². The van der Waals surface area contributed by atoms with Gasteiger partial charge in [0.25, 0.3) is 5.56 Å². The van der Waals surface area contributed by atoms with Crippen molar-refractivity contribution in [2.24, 2.45) is 0 Å². The number of H-pyrrole nitrogens is 1. The van der Waals surface area contributed by atoms with E-state index < -0.39 is 0 Å². The molecular weight excluding hydrogens is 246 g/mol. The molecule has 0 aliphatic heterocycles. The average Bonchev–Trinajstić information content (AvgIpc) is 2.79. The molecule has 2 heterocycles. The molecule has 0 unspecified atom stereocenters. The van der Waals surface area contributed by atoms with Crippen molar-refractivity contribution in [1.82, 2.24) is 10.2 Å². The number of nitrogens with zero attached hydrogens (tertiary/aromatic N) is 1. The Morgan fingerprint density at radius 3 is 2.78 bits per heavy atom. The summed E-state index contributed by atoms with van der Waals surface area (Å²) >= 11 is 1.60. The number of nitrogens with two attached hydrogens (primary N) is 1. The van der Waals surface area contributed by atoms with Gasteiger partial charge in [-0.15, -0.1) is 11.3 Å². The van der Waals surface area contributed by atoms with Crippen molar-refractivity contribution in [1.29, 1.82) is 0 Å². The van der Waals surface area contributed by atoms with Crippen LogP contribution in [0.3, 0.4) is 0 Å². The predicted octanol–water partition coefficient (Wildman–Crippen LogP) is 2.16. The van der Waals surface area contributed by atoms with E-state index >= 15 is 0 Å². The number of rotatable bonds is 2. The number of fused-ring (bicyclic) bond motifs is 1. The molecular formula is C13H11N3OS. The lowest BCUT2D eigenvalue weighted by molar-refractivity contribution is 0.940. The van der Waals surface area contributed by atoms with Crippen LogP contribution in [0.2, 0.25) is 0 Å². The van der Waals surface area contributed by atoms with E-state index in [9.17, 15) is 4.79 Å². The maximum Gasteiger partial charge on any atom is 0.272 e.